The lowest BCUT2D eigenvalue weighted by Gasteiger charge is -2.45. The van der Waals surface area contributed by atoms with Crippen LogP contribution in [0.15, 0.2) is 48.5 Å². The quantitative estimate of drug-likeness (QED) is 0.384. The summed E-state index contributed by atoms with van der Waals surface area (Å²) in [6, 6.07) is 16.7. The van der Waals surface area contributed by atoms with Gasteiger partial charge in [-0.1, -0.05) is 59.7 Å². The van der Waals surface area contributed by atoms with E-state index < -0.39 is 0 Å². The maximum Gasteiger partial charge on any atom is 0.410 e. The van der Waals surface area contributed by atoms with E-state index >= 15 is 0 Å². The molecule has 2 amide bonds. The monoisotopic (exact) mass is 606 g/mol. The Kier molecular flexibility index (Phi) is 9.90. The van der Waals surface area contributed by atoms with E-state index in [-0.39, 0.29) is 47.7 Å². The van der Waals surface area contributed by atoms with Crippen LogP contribution in [0.1, 0.15) is 112 Å². The lowest BCUT2D eigenvalue weighted by Crippen LogP contribution is -2.52. The molecule has 8 heteroatoms. The van der Waals surface area contributed by atoms with E-state index in [9.17, 15) is 19.8 Å². The summed E-state index contributed by atoms with van der Waals surface area (Å²) in [4.78, 5) is 28.6. The van der Waals surface area contributed by atoms with Crippen molar-refractivity contribution in [2.24, 2.45) is 0 Å². The molecule has 4 aliphatic rings. The minimum absolute atomic E-state index is 0.0274. The van der Waals surface area contributed by atoms with Crippen molar-refractivity contribution in [2.45, 2.75) is 127 Å². The van der Waals surface area contributed by atoms with Crippen molar-refractivity contribution in [3.8, 4) is 0 Å². The molecule has 240 valence electrons. The van der Waals surface area contributed by atoms with Crippen LogP contribution in [0.4, 0.5) is 9.59 Å². The molecule has 2 aliphatic heterocycles. The lowest BCUT2D eigenvalue weighted by atomic mass is 9.80. The van der Waals surface area contributed by atoms with E-state index in [1.54, 1.807) is 0 Å². The average molecular weight is 607 g/mol. The molecule has 2 N–H and O–H groups in total. The molecule has 0 aromatic heterocycles. The second-order valence-electron chi connectivity index (χ2n) is 13.6. The largest absolute Gasteiger partial charge is 0.443 e. The second kappa shape index (κ2) is 13.5. The van der Waals surface area contributed by atoms with E-state index in [0.717, 1.165) is 88.4 Å². The Bertz CT molecular complexity index is 1160. The van der Waals surface area contributed by atoms with Crippen molar-refractivity contribution < 1.29 is 29.3 Å². The molecule has 2 saturated carbocycles. The molecule has 4 fully saturated rings. The molecule has 44 heavy (non-hydrogen) atoms. The van der Waals surface area contributed by atoms with Gasteiger partial charge in [-0.05, 0) is 90.2 Å². The number of hydrogen-bond donors (Lipinski definition) is 2. The van der Waals surface area contributed by atoms with Gasteiger partial charge in [0.1, 0.15) is 11.2 Å². The maximum absolute atomic E-state index is 12.5. The second-order valence-corrected chi connectivity index (χ2v) is 13.6. The summed E-state index contributed by atoms with van der Waals surface area (Å²) in [5.74, 6) is 0. The Morgan fingerprint density at radius 1 is 0.614 bits per heavy atom. The van der Waals surface area contributed by atoms with Crippen LogP contribution >= 0.6 is 0 Å². The van der Waals surface area contributed by atoms with Gasteiger partial charge in [-0.2, -0.15) is 0 Å². The summed E-state index contributed by atoms with van der Waals surface area (Å²) >= 11 is 0. The third kappa shape index (κ3) is 7.40. The average Bonchev–Trinajstić information content (AvgIpc) is 3.01. The third-order valence-corrected chi connectivity index (χ3v) is 10.5. The zero-order chi connectivity index (χ0) is 31.5. The van der Waals surface area contributed by atoms with Crippen LogP contribution in [0, 0.1) is 13.8 Å². The van der Waals surface area contributed by atoms with Crippen LogP contribution in [0.25, 0.3) is 0 Å². The predicted molar refractivity (Wildman–Crippen MR) is 169 cm³/mol. The Labute approximate surface area is 262 Å². The Balaban J connectivity index is 0.000000175. The fourth-order valence-electron chi connectivity index (χ4n) is 7.14. The van der Waals surface area contributed by atoms with Gasteiger partial charge < -0.3 is 29.5 Å². The van der Waals surface area contributed by atoms with Crippen molar-refractivity contribution in [3.05, 3.63) is 70.8 Å². The smallest absolute Gasteiger partial charge is 0.410 e. The molecule has 8 nitrogen and oxygen atoms in total. The van der Waals surface area contributed by atoms with Gasteiger partial charge in [0.15, 0.2) is 0 Å². The molecule has 2 spiro atoms. The van der Waals surface area contributed by atoms with E-state index in [0.29, 0.717) is 0 Å². The zero-order valence-corrected chi connectivity index (χ0v) is 26.8. The number of rotatable bonds is 4. The number of nitrogens with zero attached hydrogens (tertiary/aromatic N) is 2. The number of aryl methyl sites for hydroxylation is 2. The first-order valence-electron chi connectivity index (χ1n) is 16.5. The van der Waals surface area contributed by atoms with Crippen molar-refractivity contribution in [2.75, 3.05) is 13.1 Å². The summed E-state index contributed by atoms with van der Waals surface area (Å²) in [5.41, 5.74) is 4.04. The number of hydrogen-bond acceptors (Lipinski definition) is 6. The van der Waals surface area contributed by atoms with E-state index in [2.05, 4.69) is 76.2 Å². The van der Waals surface area contributed by atoms with Crippen LogP contribution in [0.3, 0.4) is 0 Å². The van der Waals surface area contributed by atoms with Crippen molar-refractivity contribution >= 4 is 12.2 Å². The van der Waals surface area contributed by atoms with E-state index in [4.69, 9.17) is 9.47 Å². The van der Waals surface area contributed by atoms with Gasteiger partial charge in [-0.3, -0.25) is 0 Å². The van der Waals surface area contributed by atoms with Crippen LogP contribution in [-0.2, 0) is 9.47 Å². The molecule has 6 rings (SSSR count). The van der Waals surface area contributed by atoms with Crippen molar-refractivity contribution in [1.29, 1.82) is 0 Å². The van der Waals surface area contributed by atoms with Crippen LogP contribution in [0.2, 0.25) is 0 Å². The third-order valence-electron chi connectivity index (χ3n) is 10.5. The Morgan fingerprint density at radius 2 is 0.932 bits per heavy atom. The van der Waals surface area contributed by atoms with Crippen molar-refractivity contribution in [1.82, 2.24) is 9.80 Å². The predicted octanol–water partition coefficient (Wildman–Crippen LogP) is 7.14. The fourth-order valence-corrected chi connectivity index (χ4v) is 7.14. The molecule has 0 radical (unpaired) electrons. The Morgan fingerprint density at radius 3 is 1.23 bits per heavy atom. The van der Waals surface area contributed by atoms with Crippen LogP contribution in [-0.4, -0.2) is 68.7 Å². The minimum Gasteiger partial charge on any atom is -0.443 e. The van der Waals surface area contributed by atoms with Gasteiger partial charge in [-0.25, -0.2) is 9.59 Å². The number of aliphatic hydroxyl groups excluding tert-OH is 2. The molecular weight excluding hydrogens is 556 g/mol. The minimum atomic E-state index is -0.334. The first kappa shape index (κ1) is 32.3. The van der Waals surface area contributed by atoms with Gasteiger partial charge in [0.05, 0.1) is 24.3 Å². The molecule has 2 atom stereocenters. The SMILES string of the molecule is Cc1ccc([C@H](C)N2CCC3(CCC(O)CC3)OC2=O)cc1.Cc1ccc([C@H](C)N2CCC3(CCC(O)CC3)OC2=O)cc1. The molecule has 2 saturated heterocycles. The molecule has 2 heterocycles. The number of aliphatic hydroxyl groups is 2. The maximum atomic E-state index is 12.5. The Hall–Kier alpha value is -3.10. The number of ether oxygens (including phenoxy) is 2. The zero-order valence-electron chi connectivity index (χ0n) is 26.8. The molecule has 2 aromatic rings. The highest BCUT2D eigenvalue weighted by Crippen LogP contribution is 2.41. The highest BCUT2D eigenvalue weighted by atomic mass is 16.6. The van der Waals surface area contributed by atoms with Gasteiger partial charge >= 0.3 is 12.2 Å². The summed E-state index contributed by atoms with van der Waals surface area (Å²) in [6.45, 7) is 9.67. The van der Waals surface area contributed by atoms with E-state index in [1.165, 1.54) is 11.1 Å². The normalized spacial score (nSPS) is 30.2. The standard InChI is InChI=1S/2C18H25NO3/c2*1-13-3-5-15(6-4-13)14(2)19-12-11-18(22-17(19)21)9-7-16(20)8-10-18/h2*3-6,14,16,20H,7-12H2,1-2H3/t2*14-,16?,18?/m00/s1. The topological polar surface area (TPSA) is 99.5 Å². The summed E-state index contributed by atoms with van der Waals surface area (Å²) in [5, 5.41) is 19.3. The summed E-state index contributed by atoms with van der Waals surface area (Å²) in [7, 11) is 0. The molecule has 0 unspecified atom stereocenters. The van der Waals surface area contributed by atoms with Crippen LogP contribution < -0.4 is 0 Å². The number of amides is 2. The van der Waals surface area contributed by atoms with Crippen molar-refractivity contribution in [3.63, 3.8) is 0 Å². The highest BCUT2D eigenvalue weighted by molar-refractivity contribution is 5.70. The molecular formula is C36H50N2O6. The molecule has 0 bridgehead atoms. The number of carbonyl (C=O) groups is 2. The molecule has 2 aliphatic carbocycles. The van der Waals surface area contributed by atoms with Gasteiger partial charge in [0, 0.05) is 25.9 Å². The summed E-state index contributed by atoms with van der Waals surface area (Å²) < 4.78 is 11.6. The highest BCUT2D eigenvalue weighted by Gasteiger charge is 2.45. The summed E-state index contributed by atoms with van der Waals surface area (Å²) in [6.07, 6.45) is 6.93. The van der Waals surface area contributed by atoms with Gasteiger partial charge in [0.25, 0.3) is 0 Å². The number of carbonyl (C=O) groups excluding carboxylic acids is 2. The fraction of sp³-hybridized carbons (Fsp3) is 0.611. The van der Waals surface area contributed by atoms with Gasteiger partial charge in [-0.15, -0.1) is 0 Å². The first-order chi connectivity index (χ1) is 21.0. The van der Waals surface area contributed by atoms with E-state index in [1.807, 2.05) is 9.80 Å². The lowest BCUT2D eigenvalue weighted by molar-refractivity contribution is -0.0911. The number of benzene rings is 2. The molecule has 2 aromatic carbocycles. The van der Waals surface area contributed by atoms with Gasteiger partial charge in [0.2, 0.25) is 0 Å². The first-order valence-corrected chi connectivity index (χ1v) is 16.5. The van der Waals surface area contributed by atoms with Crippen LogP contribution in [0.5, 0.6) is 0 Å².